The van der Waals surface area contributed by atoms with Crippen LogP contribution in [0.4, 0.5) is 4.39 Å². The summed E-state index contributed by atoms with van der Waals surface area (Å²) in [7, 11) is 5.16. The van der Waals surface area contributed by atoms with Crippen molar-refractivity contribution >= 4 is 47.4 Å². The maximum absolute atomic E-state index is 13.5. The number of benzene rings is 1. The molecule has 0 radical (unpaired) electrons. The number of likely N-dealkylation sites (N-methyl/N-ethyl adjacent to an activating group) is 1. The third kappa shape index (κ3) is 7.48. The summed E-state index contributed by atoms with van der Waals surface area (Å²) in [6, 6.07) is 4.65. The predicted molar refractivity (Wildman–Crippen MR) is 107 cm³/mol. The fraction of sp³-hybridized carbons (Fsp3) is 0.375. The number of carbonyl (C=O) groups excluding carboxylic acids is 1. The minimum Gasteiger partial charge on any atom is -0.353 e. The highest BCUT2D eigenvalue weighted by Crippen LogP contribution is 2.16. The van der Waals surface area contributed by atoms with Crippen molar-refractivity contribution in [3.05, 3.63) is 47.3 Å². The first kappa shape index (κ1) is 22.6. The number of halogens is 3. The molecule has 0 heterocycles. The largest absolute Gasteiger partial charge is 0.353 e. The minimum absolute atomic E-state index is 0. The second-order valence-corrected chi connectivity index (χ2v) is 5.61. The lowest BCUT2D eigenvalue weighted by molar-refractivity contribution is -0.127. The molecule has 5 nitrogen and oxygen atoms in total. The first-order valence-corrected chi connectivity index (χ1v) is 7.47. The van der Waals surface area contributed by atoms with Crippen LogP contribution in [0.5, 0.6) is 0 Å². The van der Waals surface area contributed by atoms with E-state index in [0.29, 0.717) is 19.0 Å². The average molecular weight is 469 g/mol. The Hall–Kier alpha value is -1.35. The van der Waals surface area contributed by atoms with Gasteiger partial charge in [0.25, 0.3) is 0 Å². The maximum Gasteiger partial charge on any atom is 0.243 e. The third-order valence-corrected chi connectivity index (χ3v) is 3.34. The van der Waals surface area contributed by atoms with Crippen LogP contribution in [0.2, 0.25) is 5.02 Å². The minimum atomic E-state index is -0.460. The highest BCUT2D eigenvalue weighted by Gasteiger charge is 2.10. The van der Waals surface area contributed by atoms with Gasteiger partial charge in [0.2, 0.25) is 5.91 Å². The summed E-state index contributed by atoms with van der Waals surface area (Å²) in [6.07, 6.45) is 1.69. The van der Waals surface area contributed by atoms with Crippen molar-refractivity contribution in [3.8, 4) is 0 Å². The summed E-state index contributed by atoms with van der Waals surface area (Å²) in [5, 5.41) is 3.17. The van der Waals surface area contributed by atoms with Crippen LogP contribution in [0.25, 0.3) is 0 Å². The van der Waals surface area contributed by atoms with E-state index in [-0.39, 0.29) is 41.5 Å². The molecule has 0 unspecified atom stereocenters. The number of amides is 1. The first-order valence-electron chi connectivity index (χ1n) is 7.09. The number of rotatable bonds is 6. The van der Waals surface area contributed by atoms with Gasteiger partial charge in [0, 0.05) is 34.2 Å². The van der Waals surface area contributed by atoms with E-state index in [4.69, 9.17) is 11.6 Å². The molecule has 8 heteroatoms. The van der Waals surface area contributed by atoms with Crippen LogP contribution in [0.3, 0.4) is 0 Å². The molecule has 0 aromatic heterocycles. The fourth-order valence-corrected chi connectivity index (χ4v) is 1.86. The Labute approximate surface area is 164 Å². The number of aliphatic imine (C=N–C) groups is 1. The van der Waals surface area contributed by atoms with Crippen LogP contribution in [0.1, 0.15) is 5.56 Å². The van der Waals surface area contributed by atoms with Crippen molar-refractivity contribution in [2.45, 2.75) is 6.54 Å². The van der Waals surface area contributed by atoms with Gasteiger partial charge >= 0.3 is 0 Å². The van der Waals surface area contributed by atoms with Crippen molar-refractivity contribution in [2.75, 3.05) is 34.2 Å². The van der Waals surface area contributed by atoms with Crippen LogP contribution in [-0.2, 0) is 11.3 Å². The van der Waals surface area contributed by atoms with E-state index in [2.05, 4.69) is 16.9 Å². The second kappa shape index (κ2) is 11.2. The molecule has 1 amide bonds. The van der Waals surface area contributed by atoms with E-state index in [0.717, 1.165) is 5.56 Å². The Morgan fingerprint density at radius 2 is 2.08 bits per heavy atom. The van der Waals surface area contributed by atoms with Crippen molar-refractivity contribution in [1.29, 1.82) is 0 Å². The molecule has 134 valence electrons. The highest BCUT2D eigenvalue weighted by atomic mass is 127. The van der Waals surface area contributed by atoms with E-state index in [9.17, 15) is 9.18 Å². The lowest BCUT2D eigenvalue weighted by Gasteiger charge is -2.22. The summed E-state index contributed by atoms with van der Waals surface area (Å²) < 4.78 is 13.5. The maximum atomic E-state index is 13.5. The van der Waals surface area contributed by atoms with Gasteiger partial charge in [0.1, 0.15) is 12.4 Å². The average Bonchev–Trinajstić information content (AvgIpc) is 2.50. The van der Waals surface area contributed by atoms with Crippen molar-refractivity contribution in [1.82, 2.24) is 15.1 Å². The van der Waals surface area contributed by atoms with E-state index < -0.39 is 5.82 Å². The van der Waals surface area contributed by atoms with Crippen LogP contribution in [0, 0.1) is 5.82 Å². The number of hydrogen-bond donors (Lipinski definition) is 1. The van der Waals surface area contributed by atoms with Gasteiger partial charge in [-0.15, -0.1) is 30.6 Å². The quantitative estimate of drug-likeness (QED) is 0.302. The summed E-state index contributed by atoms with van der Waals surface area (Å²) in [5.74, 6) is -0.0257. The molecule has 1 rings (SSSR count). The molecule has 24 heavy (non-hydrogen) atoms. The smallest absolute Gasteiger partial charge is 0.243 e. The van der Waals surface area contributed by atoms with E-state index >= 15 is 0 Å². The standard InChI is InChI=1S/C16H22ClFN4O.HI/c1-5-8-19-16(20-10-15(23)21(2)3)22(4)11-12-6-7-13(17)14(18)9-12;/h5-7,9H,1,8,10-11H2,2-4H3,(H,19,20);1H. The summed E-state index contributed by atoms with van der Waals surface area (Å²) in [4.78, 5) is 19.2. The van der Waals surface area contributed by atoms with Gasteiger partial charge in [-0.3, -0.25) is 4.79 Å². The zero-order valence-corrected chi connectivity index (χ0v) is 17.1. The molecule has 1 aromatic rings. The summed E-state index contributed by atoms with van der Waals surface area (Å²) in [5.41, 5.74) is 0.751. The molecular weight excluding hydrogens is 446 g/mol. The van der Waals surface area contributed by atoms with Gasteiger partial charge in [0.15, 0.2) is 5.96 Å². The number of guanidine groups is 1. The van der Waals surface area contributed by atoms with Gasteiger partial charge in [-0.25, -0.2) is 9.38 Å². The van der Waals surface area contributed by atoms with Gasteiger partial charge in [-0.2, -0.15) is 0 Å². The SMILES string of the molecule is C=CCNC(=NCC(=O)N(C)C)N(C)Cc1ccc(Cl)c(F)c1.I. The van der Waals surface area contributed by atoms with Crippen LogP contribution in [0.15, 0.2) is 35.8 Å². The van der Waals surface area contributed by atoms with Crippen LogP contribution < -0.4 is 5.32 Å². The van der Waals surface area contributed by atoms with Crippen molar-refractivity contribution in [2.24, 2.45) is 4.99 Å². The predicted octanol–water partition coefficient (Wildman–Crippen LogP) is 2.75. The highest BCUT2D eigenvalue weighted by molar-refractivity contribution is 14.0. The molecule has 0 bridgehead atoms. The Kier molecular flexibility index (Phi) is 10.6. The molecule has 0 spiro atoms. The molecular formula is C16H23ClFIN4O. The van der Waals surface area contributed by atoms with Gasteiger partial charge in [0.05, 0.1) is 5.02 Å². The normalized spacial score (nSPS) is 10.6. The number of carbonyl (C=O) groups is 1. The molecule has 0 aliphatic carbocycles. The third-order valence-electron chi connectivity index (χ3n) is 3.03. The number of nitrogens with one attached hydrogen (secondary N) is 1. The van der Waals surface area contributed by atoms with Gasteiger partial charge in [-0.1, -0.05) is 23.7 Å². The van der Waals surface area contributed by atoms with E-state index in [1.807, 2.05) is 7.05 Å². The first-order chi connectivity index (χ1) is 10.8. The Bertz CT molecular complexity index is 595. The zero-order valence-electron chi connectivity index (χ0n) is 14.1. The van der Waals surface area contributed by atoms with Crippen LogP contribution in [-0.4, -0.2) is 55.9 Å². The zero-order chi connectivity index (χ0) is 17.4. The van der Waals surface area contributed by atoms with E-state index in [1.165, 1.54) is 17.0 Å². The summed E-state index contributed by atoms with van der Waals surface area (Å²) >= 11 is 5.68. The Balaban J connectivity index is 0.00000529. The van der Waals surface area contributed by atoms with Crippen LogP contribution >= 0.6 is 35.6 Å². The molecule has 1 aromatic carbocycles. The summed E-state index contributed by atoms with van der Waals surface area (Å²) in [6.45, 7) is 4.61. The van der Waals surface area contributed by atoms with Crippen molar-refractivity contribution < 1.29 is 9.18 Å². The molecule has 0 saturated carbocycles. The molecule has 0 aliphatic rings. The number of nitrogens with zero attached hydrogens (tertiary/aromatic N) is 3. The van der Waals surface area contributed by atoms with Gasteiger partial charge < -0.3 is 15.1 Å². The molecule has 0 saturated heterocycles. The molecule has 1 N–H and O–H groups in total. The molecule has 0 atom stereocenters. The topological polar surface area (TPSA) is 47.9 Å². The van der Waals surface area contributed by atoms with Crippen molar-refractivity contribution in [3.63, 3.8) is 0 Å². The molecule has 0 aliphatic heterocycles. The second-order valence-electron chi connectivity index (χ2n) is 5.20. The van der Waals surface area contributed by atoms with Gasteiger partial charge in [-0.05, 0) is 17.7 Å². The monoisotopic (exact) mass is 468 g/mol. The Morgan fingerprint density at radius 3 is 2.62 bits per heavy atom. The van der Waals surface area contributed by atoms with E-state index in [1.54, 1.807) is 31.1 Å². The lowest BCUT2D eigenvalue weighted by Crippen LogP contribution is -2.39. The Morgan fingerprint density at radius 1 is 1.42 bits per heavy atom. The number of hydrogen-bond acceptors (Lipinski definition) is 2. The molecule has 0 fully saturated rings. The lowest BCUT2D eigenvalue weighted by atomic mass is 10.2. The fourth-order valence-electron chi connectivity index (χ4n) is 1.75.